The summed E-state index contributed by atoms with van der Waals surface area (Å²) in [6.45, 7) is -0.0820. The first-order chi connectivity index (χ1) is 10.8. The van der Waals surface area contributed by atoms with Gasteiger partial charge in [-0.2, -0.15) is 0 Å². The van der Waals surface area contributed by atoms with Gasteiger partial charge in [-0.15, -0.1) is 0 Å². The second-order valence-corrected chi connectivity index (χ2v) is 7.64. The number of hydrogen-bond donors (Lipinski definition) is 2. The molecule has 1 heterocycles. The van der Waals surface area contributed by atoms with Crippen molar-refractivity contribution < 1.29 is 27.9 Å². The number of carboxylic acid groups (broad SMARTS) is 1. The highest BCUT2D eigenvalue weighted by Crippen LogP contribution is 2.20. The predicted molar refractivity (Wildman–Crippen MR) is 82.0 cm³/mol. The molecule has 9 heteroatoms. The number of carbonyl (C=O) groups excluding carboxylic acids is 1. The number of halogens is 1. The van der Waals surface area contributed by atoms with Gasteiger partial charge in [-0.25, -0.2) is 13.2 Å². The summed E-state index contributed by atoms with van der Waals surface area (Å²) in [5, 5.41) is 11.7. The molecule has 1 aromatic rings. The minimum Gasteiger partial charge on any atom is -0.479 e. The molecular formula is C14H16ClNO6S. The number of aliphatic carboxylic acids is 1. The zero-order valence-corrected chi connectivity index (χ0v) is 13.6. The third kappa shape index (κ3) is 4.66. The molecule has 2 N–H and O–H groups in total. The van der Waals surface area contributed by atoms with Gasteiger partial charge in [0.05, 0.1) is 10.6 Å². The van der Waals surface area contributed by atoms with E-state index in [2.05, 4.69) is 5.32 Å². The summed E-state index contributed by atoms with van der Waals surface area (Å²) in [5.41, 5.74) is 0. The molecule has 0 radical (unpaired) electrons. The van der Waals surface area contributed by atoms with Crippen LogP contribution in [0, 0.1) is 0 Å². The van der Waals surface area contributed by atoms with Crippen molar-refractivity contribution in [2.45, 2.75) is 29.9 Å². The molecule has 2 rings (SSSR count). The number of rotatable bonds is 6. The van der Waals surface area contributed by atoms with Gasteiger partial charge in [0.25, 0.3) is 0 Å². The van der Waals surface area contributed by atoms with Crippen LogP contribution in [-0.4, -0.2) is 49.9 Å². The van der Waals surface area contributed by atoms with E-state index in [1.54, 1.807) is 0 Å². The molecule has 0 saturated carbocycles. The Hall–Kier alpha value is -1.64. The quantitative estimate of drug-likeness (QED) is 0.777. The largest absolute Gasteiger partial charge is 0.479 e. The molecule has 0 bridgehead atoms. The summed E-state index contributed by atoms with van der Waals surface area (Å²) in [5.74, 6) is -1.87. The van der Waals surface area contributed by atoms with Gasteiger partial charge in [-0.05, 0) is 37.1 Å². The van der Waals surface area contributed by atoms with Crippen molar-refractivity contribution in [1.29, 1.82) is 0 Å². The molecule has 126 valence electrons. The fourth-order valence-electron chi connectivity index (χ4n) is 2.19. The molecule has 7 nitrogen and oxygen atoms in total. The van der Waals surface area contributed by atoms with Crippen molar-refractivity contribution >= 4 is 33.3 Å². The smallest absolute Gasteiger partial charge is 0.332 e. The van der Waals surface area contributed by atoms with Crippen LogP contribution in [0.4, 0.5) is 0 Å². The first-order valence-corrected chi connectivity index (χ1v) is 8.97. The van der Waals surface area contributed by atoms with Crippen LogP contribution < -0.4 is 5.32 Å². The first kappa shape index (κ1) is 17.7. The molecular weight excluding hydrogens is 346 g/mol. The maximum atomic E-state index is 12.1. The maximum Gasteiger partial charge on any atom is 0.332 e. The van der Waals surface area contributed by atoms with Crippen molar-refractivity contribution in [1.82, 2.24) is 5.32 Å². The molecule has 0 spiro atoms. The van der Waals surface area contributed by atoms with Gasteiger partial charge in [0.15, 0.2) is 15.9 Å². The number of ether oxygens (including phenoxy) is 1. The van der Waals surface area contributed by atoms with Crippen LogP contribution in [0.2, 0.25) is 5.02 Å². The molecule has 1 aromatic carbocycles. The molecule has 0 aromatic heterocycles. The lowest BCUT2D eigenvalue weighted by Crippen LogP contribution is -2.38. The van der Waals surface area contributed by atoms with Gasteiger partial charge in [0.2, 0.25) is 5.91 Å². The van der Waals surface area contributed by atoms with Gasteiger partial charge in [0, 0.05) is 11.6 Å². The van der Waals surface area contributed by atoms with E-state index in [0.717, 1.165) is 0 Å². The second-order valence-electron chi connectivity index (χ2n) is 5.09. The summed E-state index contributed by atoms with van der Waals surface area (Å²) >= 11 is 5.71. The number of carboxylic acids is 1. The van der Waals surface area contributed by atoms with Crippen molar-refractivity contribution in [2.24, 2.45) is 0 Å². The van der Waals surface area contributed by atoms with Crippen LogP contribution >= 0.6 is 11.6 Å². The molecule has 1 amide bonds. The Morgan fingerprint density at radius 3 is 2.39 bits per heavy atom. The van der Waals surface area contributed by atoms with E-state index in [4.69, 9.17) is 21.4 Å². The zero-order chi connectivity index (χ0) is 17.0. The summed E-state index contributed by atoms with van der Waals surface area (Å²) in [6, 6.07) is 5.75. The molecule has 23 heavy (non-hydrogen) atoms. The highest BCUT2D eigenvalue weighted by Gasteiger charge is 2.34. The SMILES string of the molecule is O=C(NCCS(=O)(=O)c1ccc(Cl)cc1)[C@@H]1CC[C@H](C(=O)O)O1. The molecule has 1 saturated heterocycles. The Labute approximate surface area is 138 Å². The Bertz CT molecular complexity index is 688. The van der Waals surface area contributed by atoms with Crippen LogP contribution in [0.5, 0.6) is 0 Å². The maximum absolute atomic E-state index is 12.1. The van der Waals surface area contributed by atoms with E-state index >= 15 is 0 Å². The normalized spacial score (nSPS) is 21.1. The highest BCUT2D eigenvalue weighted by molar-refractivity contribution is 7.91. The van der Waals surface area contributed by atoms with E-state index in [1.165, 1.54) is 24.3 Å². The molecule has 0 aliphatic carbocycles. The number of sulfone groups is 1. The first-order valence-electron chi connectivity index (χ1n) is 6.94. The molecule has 0 unspecified atom stereocenters. The average molecular weight is 362 g/mol. The lowest BCUT2D eigenvalue weighted by atomic mass is 10.2. The Morgan fingerprint density at radius 2 is 1.83 bits per heavy atom. The zero-order valence-electron chi connectivity index (χ0n) is 12.1. The lowest BCUT2D eigenvalue weighted by Gasteiger charge is -2.12. The Balaban J connectivity index is 1.83. The van der Waals surface area contributed by atoms with Crippen molar-refractivity contribution in [2.75, 3.05) is 12.3 Å². The molecule has 2 atom stereocenters. The summed E-state index contributed by atoms with van der Waals surface area (Å²) in [4.78, 5) is 22.7. The lowest BCUT2D eigenvalue weighted by molar-refractivity contribution is -0.151. The van der Waals surface area contributed by atoms with E-state index in [-0.39, 0.29) is 23.6 Å². The molecule has 1 fully saturated rings. The Kier molecular flexibility index (Phi) is 5.61. The van der Waals surface area contributed by atoms with Crippen molar-refractivity contribution in [3.63, 3.8) is 0 Å². The number of amides is 1. The number of benzene rings is 1. The highest BCUT2D eigenvalue weighted by atomic mass is 35.5. The summed E-state index contributed by atoms with van der Waals surface area (Å²) in [6.07, 6.45) is -1.28. The standard InChI is InChI=1S/C14H16ClNO6S/c15-9-1-3-10(4-2-9)23(20,21)8-7-16-13(17)11-5-6-12(22-11)14(18)19/h1-4,11-12H,5-8H2,(H,16,17)(H,18,19)/t11-,12+/m0/s1. The second kappa shape index (κ2) is 7.29. The summed E-state index contributed by atoms with van der Waals surface area (Å²) < 4.78 is 29.3. The fraction of sp³-hybridized carbons (Fsp3) is 0.429. The third-order valence-corrected chi connectivity index (χ3v) is 5.41. The van der Waals surface area contributed by atoms with Crippen LogP contribution in [0.15, 0.2) is 29.2 Å². The third-order valence-electron chi connectivity index (χ3n) is 3.43. The topological polar surface area (TPSA) is 110 Å². The summed E-state index contributed by atoms with van der Waals surface area (Å²) in [7, 11) is -3.53. The van der Waals surface area contributed by atoms with Gasteiger partial charge >= 0.3 is 5.97 Å². The predicted octanol–water partition coefficient (Wildman–Crippen LogP) is 0.862. The number of nitrogens with one attached hydrogen (secondary N) is 1. The van der Waals surface area contributed by atoms with Gasteiger partial charge in [-0.1, -0.05) is 11.6 Å². The van der Waals surface area contributed by atoms with Gasteiger partial charge in [0.1, 0.15) is 6.10 Å². The van der Waals surface area contributed by atoms with E-state index in [9.17, 15) is 18.0 Å². The Morgan fingerprint density at radius 1 is 1.22 bits per heavy atom. The average Bonchev–Trinajstić information content (AvgIpc) is 2.97. The number of carbonyl (C=O) groups is 2. The van der Waals surface area contributed by atoms with E-state index < -0.39 is 33.9 Å². The minimum absolute atomic E-state index is 0.0820. The number of hydrogen-bond acceptors (Lipinski definition) is 5. The van der Waals surface area contributed by atoms with Crippen molar-refractivity contribution in [3.05, 3.63) is 29.3 Å². The van der Waals surface area contributed by atoms with Crippen LogP contribution in [0.25, 0.3) is 0 Å². The monoisotopic (exact) mass is 361 g/mol. The van der Waals surface area contributed by atoms with E-state index in [0.29, 0.717) is 11.4 Å². The van der Waals surface area contributed by atoms with Crippen LogP contribution in [-0.2, 0) is 24.2 Å². The van der Waals surface area contributed by atoms with Crippen LogP contribution in [0.1, 0.15) is 12.8 Å². The van der Waals surface area contributed by atoms with Gasteiger partial charge < -0.3 is 15.2 Å². The van der Waals surface area contributed by atoms with Crippen LogP contribution in [0.3, 0.4) is 0 Å². The fourth-order valence-corrected chi connectivity index (χ4v) is 3.48. The molecule has 1 aliphatic heterocycles. The van der Waals surface area contributed by atoms with E-state index in [1.807, 2.05) is 0 Å². The van der Waals surface area contributed by atoms with Gasteiger partial charge in [-0.3, -0.25) is 4.79 Å². The molecule has 1 aliphatic rings. The van der Waals surface area contributed by atoms with Crippen molar-refractivity contribution in [3.8, 4) is 0 Å². The minimum atomic E-state index is -3.53.